The number of sulfonamides is 1. The highest BCUT2D eigenvalue weighted by Gasteiger charge is 2.26. The van der Waals surface area contributed by atoms with E-state index < -0.39 is 21.7 Å². The molecule has 1 aromatic heterocycles. The van der Waals surface area contributed by atoms with Crippen molar-refractivity contribution in [1.29, 1.82) is 0 Å². The number of amides is 1. The minimum atomic E-state index is -3.37. The van der Waals surface area contributed by atoms with Gasteiger partial charge in [0.2, 0.25) is 15.9 Å². The summed E-state index contributed by atoms with van der Waals surface area (Å²) in [6.07, 6.45) is 1.79. The van der Waals surface area contributed by atoms with Crippen LogP contribution < -0.4 is 15.4 Å². The van der Waals surface area contributed by atoms with Gasteiger partial charge in [-0.25, -0.2) is 13.2 Å². The third-order valence-electron chi connectivity index (χ3n) is 4.75. The maximum atomic E-state index is 12.5. The minimum Gasteiger partial charge on any atom is -0.408 e. The van der Waals surface area contributed by atoms with Gasteiger partial charge >= 0.3 is 5.76 Å². The summed E-state index contributed by atoms with van der Waals surface area (Å²) in [5.74, 6) is -1.01. The number of hydrogen-bond donors (Lipinski definition) is 1. The van der Waals surface area contributed by atoms with Crippen molar-refractivity contribution in [2.45, 2.75) is 19.9 Å². The van der Waals surface area contributed by atoms with Crippen LogP contribution in [-0.4, -0.2) is 31.7 Å². The van der Waals surface area contributed by atoms with Gasteiger partial charge in [-0.3, -0.25) is 13.7 Å². The zero-order chi connectivity index (χ0) is 20.1. The van der Waals surface area contributed by atoms with E-state index in [1.807, 2.05) is 13.0 Å². The molecule has 0 fully saturated rings. The molecule has 0 aliphatic carbocycles. The normalized spacial score (nSPS) is 13.7. The zero-order valence-electron chi connectivity index (χ0n) is 15.4. The molecule has 0 saturated heterocycles. The van der Waals surface area contributed by atoms with Gasteiger partial charge < -0.3 is 9.73 Å². The Morgan fingerprint density at radius 1 is 1.21 bits per heavy atom. The summed E-state index contributed by atoms with van der Waals surface area (Å²) in [6, 6.07) is 10.5. The smallest absolute Gasteiger partial charge is 0.408 e. The largest absolute Gasteiger partial charge is 0.420 e. The SMILES string of the molecule is Cc1ccc2oc(=O)n(CC(=O)Nc3ccc4c(c3)N(S(C)(=O)=O)CC4)c2c1. The second-order valence-electron chi connectivity index (χ2n) is 6.90. The molecule has 1 N–H and O–H groups in total. The lowest BCUT2D eigenvalue weighted by molar-refractivity contribution is -0.116. The van der Waals surface area contributed by atoms with Crippen LogP contribution in [0.1, 0.15) is 11.1 Å². The third-order valence-corrected chi connectivity index (χ3v) is 5.93. The van der Waals surface area contributed by atoms with E-state index in [2.05, 4.69) is 5.32 Å². The van der Waals surface area contributed by atoms with Crippen molar-refractivity contribution >= 4 is 38.4 Å². The Labute approximate surface area is 161 Å². The fraction of sp³-hybridized carbons (Fsp3) is 0.263. The van der Waals surface area contributed by atoms with Crippen LogP contribution in [0.3, 0.4) is 0 Å². The van der Waals surface area contributed by atoms with Crippen molar-refractivity contribution in [3.8, 4) is 0 Å². The van der Waals surface area contributed by atoms with E-state index in [0.717, 1.165) is 17.4 Å². The summed E-state index contributed by atoms with van der Waals surface area (Å²) in [5, 5.41) is 2.73. The summed E-state index contributed by atoms with van der Waals surface area (Å²) in [4.78, 5) is 24.6. The van der Waals surface area contributed by atoms with Gasteiger partial charge in [-0.05, 0) is 48.7 Å². The molecule has 0 radical (unpaired) electrons. The van der Waals surface area contributed by atoms with Gasteiger partial charge in [0, 0.05) is 12.2 Å². The average Bonchev–Trinajstić information content (AvgIpc) is 3.16. The first kappa shape index (κ1) is 18.3. The molecule has 0 bridgehead atoms. The molecule has 2 heterocycles. The van der Waals surface area contributed by atoms with Gasteiger partial charge in [-0.15, -0.1) is 0 Å². The number of nitrogens with one attached hydrogen (secondary N) is 1. The number of hydrogen-bond acceptors (Lipinski definition) is 5. The van der Waals surface area contributed by atoms with E-state index in [1.54, 1.807) is 30.3 Å². The molecule has 9 heteroatoms. The summed E-state index contributed by atoms with van der Waals surface area (Å²) in [5.41, 5.74) is 3.87. The van der Waals surface area contributed by atoms with Crippen LogP contribution in [0.15, 0.2) is 45.6 Å². The number of aryl methyl sites for hydroxylation is 1. The number of anilines is 2. The molecule has 0 atom stereocenters. The molecular formula is C19H19N3O5S. The predicted octanol–water partition coefficient (Wildman–Crippen LogP) is 1.86. The number of rotatable bonds is 4. The van der Waals surface area contributed by atoms with Gasteiger partial charge in [-0.2, -0.15) is 0 Å². The van der Waals surface area contributed by atoms with Crippen molar-refractivity contribution in [3.05, 3.63) is 58.1 Å². The lowest BCUT2D eigenvalue weighted by atomic mass is 10.1. The molecule has 2 aromatic carbocycles. The number of oxazole rings is 1. The highest BCUT2D eigenvalue weighted by molar-refractivity contribution is 7.92. The fourth-order valence-electron chi connectivity index (χ4n) is 3.44. The first-order chi connectivity index (χ1) is 13.2. The van der Waals surface area contributed by atoms with Crippen LogP contribution in [0, 0.1) is 6.92 Å². The van der Waals surface area contributed by atoms with Gasteiger partial charge in [0.15, 0.2) is 5.58 Å². The van der Waals surface area contributed by atoms with E-state index >= 15 is 0 Å². The monoisotopic (exact) mass is 401 g/mol. The summed E-state index contributed by atoms with van der Waals surface area (Å²) in [6.45, 7) is 2.07. The lowest BCUT2D eigenvalue weighted by Gasteiger charge is -2.17. The molecule has 1 aliphatic heterocycles. The third kappa shape index (κ3) is 3.29. The molecular weight excluding hydrogens is 382 g/mol. The van der Waals surface area contributed by atoms with Crippen molar-refractivity contribution in [1.82, 2.24) is 4.57 Å². The second kappa shape index (κ2) is 6.52. The van der Waals surface area contributed by atoms with E-state index in [9.17, 15) is 18.0 Å². The maximum absolute atomic E-state index is 12.5. The Kier molecular flexibility index (Phi) is 4.26. The number of carbonyl (C=O) groups is 1. The standard InChI is InChI=1S/C19H19N3O5S/c1-12-3-6-17-16(9-12)21(19(24)27-17)11-18(23)20-14-5-4-13-7-8-22(15(13)10-14)28(2,25)26/h3-6,9-10H,7-8,11H2,1-2H3,(H,20,23). The summed E-state index contributed by atoms with van der Waals surface area (Å²) in [7, 11) is -3.37. The number of aromatic nitrogens is 1. The summed E-state index contributed by atoms with van der Waals surface area (Å²) < 4.78 is 31.6. The lowest BCUT2D eigenvalue weighted by Crippen LogP contribution is -2.27. The predicted molar refractivity (Wildman–Crippen MR) is 106 cm³/mol. The Balaban J connectivity index is 1.58. The van der Waals surface area contributed by atoms with Crippen LogP contribution in [0.4, 0.5) is 11.4 Å². The fourth-order valence-corrected chi connectivity index (χ4v) is 4.39. The van der Waals surface area contributed by atoms with E-state index in [4.69, 9.17) is 4.42 Å². The average molecular weight is 401 g/mol. The number of fused-ring (bicyclic) bond motifs is 2. The zero-order valence-corrected chi connectivity index (χ0v) is 16.2. The molecule has 0 unspecified atom stereocenters. The van der Waals surface area contributed by atoms with Crippen molar-refractivity contribution in [2.24, 2.45) is 0 Å². The molecule has 0 spiro atoms. The first-order valence-electron chi connectivity index (χ1n) is 8.73. The number of nitrogens with zero attached hydrogens (tertiary/aromatic N) is 2. The quantitative estimate of drug-likeness (QED) is 0.719. The molecule has 146 valence electrons. The molecule has 0 saturated carbocycles. The van der Waals surface area contributed by atoms with Gasteiger partial charge in [-0.1, -0.05) is 12.1 Å². The molecule has 28 heavy (non-hydrogen) atoms. The molecule has 3 aromatic rings. The van der Waals surface area contributed by atoms with E-state index in [0.29, 0.717) is 35.4 Å². The topological polar surface area (TPSA) is 102 Å². The number of benzene rings is 2. The van der Waals surface area contributed by atoms with Crippen LogP contribution in [-0.2, 0) is 27.8 Å². The van der Waals surface area contributed by atoms with Crippen molar-refractivity contribution in [3.63, 3.8) is 0 Å². The molecule has 1 amide bonds. The minimum absolute atomic E-state index is 0.206. The van der Waals surface area contributed by atoms with Crippen LogP contribution in [0.25, 0.3) is 11.1 Å². The van der Waals surface area contributed by atoms with E-state index in [1.165, 1.54) is 8.87 Å². The van der Waals surface area contributed by atoms with Crippen molar-refractivity contribution < 1.29 is 17.6 Å². The Morgan fingerprint density at radius 3 is 2.75 bits per heavy atom. The van der Waals surface area contributed by atoms with Gasteiger partial charge in [0.25, 0.3) is 0 Å². The summed E-state index contributed by atoms with van der Waals surface area (Å²) >= 11 is 0. The van der Waals surface area contributed by atoms with Crippen LogP contribution in [0.5, 0.6) is 0 Å². The Bertz CT molecular complexity index is 1260. The number of carbonyl (C=O) groups excluding carboxylic acids is 1. The first-order valence-corrected chi connectivity index (χ1v) is 10.6. The highest BCUT2D eigenvalue weighted by Crippen LogP contribution is 2.32. The van der Waals surface area contributed by atoms with Gasteiger partial charge in [0.1, 0.15) is 6.54 Å². The highest BCUT2D eigenvalue weighted by atomic mass is 32.2. The Hall–Kier alpha value is -3.07. The molecule has 4 rings (SSSR count). The van der Waals surface area contributed by atoms with Gasteiger partial charge in [0.05, 0.1) is 17.5 Å². The second-order valence-corrected chi connectivity index (χ2v) is 8.81. The maximum Gasteiger partial charge on any atom is 0.420 e. The molecule has 1 aliphatic rings. The Morgan fingerprint density at radius 2 is 2.00 bits per heavy atom. The molecule has 8 nitrogen and oxygen atoms in total. The van der Waals surface area contributed by atoms with Crippen LogP contribution >= 0.6 is 0 Å². The van der Waals surface area contributed by atoms with Crippen molar-refractivity contribution in [2.75, 3.05) is 22.4 Å². The van der Waals surface area contributed by atoms with E-state index in [-0.39, 0.29) is 6.54 Å². The van der Waals surface area contributed by atoms with Crippen LogP contribution in [0.2, 0.25) is 0 Å².